The van der Waals surface area contributed by atoms with Gasteiger partial charge in [-0.05, 0) is 184 Å². The van der Waals surface area contributed by atoms with Gasteiger partial charge in [-0.15, -0.1) is 0 Å². The molecule has 56 heavy (non-hydrogen) atoms. The van der Waals surface area contributed by atoms with Crippen molar-refractivity contribution in [2.24, 2.45) is 0 Å². The Bertz CT molecular complexity index is 1870. The highest BCUT2D eigenvalue weighted by molar-refractivity contribution is 7.69. The van der Waals surface area contributed by atoms with Crippen LogP contribution in [0.2, 0.25) is 0 Å². The van der Waals surface area contributed by atoms with Gasteiger partial charge in [0, 0.05) is 16.7 Å². The third kappa shape index (κ3) is 6.92. The molecule has 306 valence electrons. The minimum absolute atomic E-state index is 0.0906. The van der Waals surface area contributed by atoms with Crippen LogP contribution in [0.1, 0.15) is 214 Å². The molecule has 0 saturated carbocycles. The SMILES string of the molecule is CCC1(CC)CC(CC)(CC)c2c1cc1c(c2P=CC2=CC=C/C(=C/P3CC(C)(C)c4cc(C(C)(C)C)cc(C(C)(C)C)c43)N2)C(CC)(CC)CC1(CC)CC. The predicted octanol–water partition coefficient (Wildman–Crippen LogP) is 14.7. The van der Waals surface area contributed by atoms with Gasteiger partial charge in [0.2, 0.25) is 0 Å². The molecule has 2 aromatic carbocycles. The van der Waals surface area contributed by atoms with Crippen molar-refractivity contribution < 1.29 is 0 Å². The van der Waals surface area contributed by atoms with Gasteiger partial charge in [-0.3, -0.25) is 0 Å². The van der Waals surface area contributed by atoms with Gasteiger partial charge in [0.05, 0.1) is 0 Å². The second-order valence-corrected chi connectivity index (χ2v) is 24.2. The van der Waals surface area contributed by atoms with Gasteiger partial charge in [-0.1, -0.05) is 143 Å². The van der Waals surface area contributed by atoms with Crippen LogP contribution >= 0.6 is 16.1 Å². The van der Waals surface area contributed by atoms with Crippen LogP contribution in [0, 0.1) is 0 Å². The Morgan fingerprint density at radius 1 is 0.661 bits per heavy atom. The molecule has 4 aliphatic rings. The first-order valence-electron chi connectivity index (χ1n) is 22.8. The second-order valence-electron chi connectivity index (χ2n) is 21.3. The number of fused-ring (bicyclic) bond motifs is 3. The third-order valence-corrected chi connectivity index (χ3v) is 20.0. The minimum Gasteiger partial charge on any atom is -0.355 e. The van der Waals surface area contributed by atoms with Gasteiger partial charge >= 0.3 is 0 Å². The maximum absolute atomic E-state index is 4.00. The number of hydrogen-bond donors (Lipinski definition) is 1. The van der Waals surface area contributed by atoms with E-state index in [1.165, 1.54) is 95.5 Å². The van der Waals surface area contributed by atoms with Crippen molar-refractivity contribution in [3.63, 3.8) is 0 Å². The van der Waals surface area contributed by atoms with Crippen LogP contribution in [0.4, 0.5) is 0 Å². The lowest BCUT2D eigenvalue weighted by Crippen LogP contribution is -2.33. The van der Waals surface area contributed by atoms with Crippen molar-refractivity contribution in [3.05, 3.63) is 92.6 Å². The van der Waals surface area contributed by atoms with E-state index in [4.69, 9.17) is 0 Å². The first kappa shape index (κ1) is 43.6. The van der Waals surface area contributed by atoms with Crippen LogP contribution in [0.3, 0.4) is 0 Å². The number of rotatable bonds is 11. The zero-order chi connectivity index (χ0) is 41.3. The number of allylic oxidation sites excluding steroid dienone is 4. The van der Waals surface area contributed by atoms with Crippen molar-refractivity contribution in [3.8, 4) is 0 Å². The lowest BCUT2D eigenvalue weighted by Gasteiger charge is -2.35. The molecule has 0 spiro atoms. The summed E-state index contributed by atoms with van der Waals surface area (Å²) in [5.74, 6) is 5.19. The quantitative estimate of drug-likeness (QED) is 0.224. The van der Waals surface area contributed by atoms with E-state index in [2.05, 4.69) is 164 Å². The summed E-state index contributed by atoms with van der Waals surface area (Å²) in [6.07, 6.45) is 20.6. The molecule has 0 saturated heterocycles. The molecule has 2 aliphatic carbocycles. The lowest BCUT2D eigenvalue weighted by molar-refractivity contribution is 0.279. The van der Waals surface area contributed by atoms with Gasteiger partial charge in [-0.25, -0.2) is 0 Å². The summed E-state index contributed by atoms with van der Waals surface area (Å²) in [5.41, 5.74) is 15.5. The van der Waals surface area contributed by atoms with E-state index < -0.39 is 7.92 Å². The smallest absolute Gasteiger partial charge is 0.0430 e. The van der Waals surface area contributed by atoms with Crippen LogP contribution in [0.15, 0.2) is 53.6 Å². The van der Waals surface area contributed by atoms with Gasteiger partial charge < -0.3 is 5.32 Å². The average Bonchev–Trinajstić information content (AvgIpc) is 3.73. The Hall–Kier alpha value is -1.94. The number of hydrogen-bond acceptors (Lipinski definition) is 1. The van der Waals surface area contributed by atoms with E-state index in [1.807, 2.05) is 0 Å². The molecule has 2 aliphatic heterocycles. The highest BCUT2D eigenvalue weighted by Gasteiger charge is 2.56. The molecule has 6 rings (SSSR count). The molecule has 0 aromatic heterocycles. The molecular formula is C53H79NP2. The number of nitrogens with one attached hydrogen (secondary N) is 1. The van der Waals surface area contributed by atoms with Gasteiger partial charge in [0.25, 0.3) is 0 Å². The average molecular weight is 792 g/mol. The Morgan fingerprint density at radius 2 is 1.16 bits per heavy atom. The number of dihydropyridines is 1. The summed E-state index contributed by atoms with van der Waals surface area (Å²) >= 11 is 0. The molecule has 1 atom stereocenters. The van der Waals surface area contributed by atoms with E-state index >= 15 is 0 Å². The first-order valence-corrected chi connectivity index (χ1v) is 25.4. The Kier molecular flexibility index (Phi) is 11.9. The van der Waals surface area contributed by atoms with E-state index in [-0.39, 0.29) is 37.9 Å². The fraction of sp³-hybridized carbons (Fsp3) is 0.642. The largest absolute Gasteiger partial charge is 0.355 e. The normalized spacial score (nSPS) is 23.3. The molecule has 0 fully saturated rings. The van der Waals surface area contributed by atoms with Crippen LogP contribution in [0.25, 0.3) is 0 Å². The Labute approximate surface area is 348 Å². The van der Waals surface area contributed by atoms with Crippen molar-refractivity contribution in [2.45, 2.75) is 213 Å². The maximum Gasteiger partial charge on any atom is 0.0430 e. The molecular weight excluding hydrogens is 713 g/mol. The first-order chi connectivity index (χ1) is 26.2. The Morgan fingerprint density at radius 3 is 1.61 bits per heavy atom. The summed E-state index contributed by atoms with van der Waals surface area (Å²) in [5, 5.41) is 7.33. The minimum atomic E-state index is -0.469. The zero-order valence-corrected chi connectivity index (χ0v) is 40.6. The van der Waals surface area contributed by atoms with Crippen LogP contribution in [0.5, 0.6) is 0 Å². The lowest BCUT2D eigenvalue weighted by atomic mass is 9.70. The molecule has 0 radical (unpaired) electrons. The summed E-state index contributed by atoms with van der Waals surface area (Å²) in [6, 6.07) is 7.97. The van der Waals surface area contributed by atoms with Crippen molar-refractivity contribution in [1.29, 1.82) is 0 Å². The predicted molar refractivity (Wildman–Crippen MR) is 254 cm³/mol. The van der Waals surface area contributed by atoms with E-state index in [0.29, 0.717) is 0 Å². The second kappa shape index (κ2) is 15.3. The maximum atomic E-state index is 4.00. The third-order valence-electron chi connectivity index (χ3n) is 16.1. The Balaban J connectivity index is 1.49. The molecule has 3 heteroatoms. The summed E-state index contributed by atoms with van der Waals surface area (Å²) in [7, 11) is 0.898. The topological polar surface area (TPSA) is 12.0 Å². The molecule has 1 nitrogen and oxygen atoms in total. The zero-order valence-electron chi connectivity index (χ0n) is 38.8. The van der Waals surface area contributed by atoms with Gasteiger partial charge in [0.1, 0.15) is 0 Å². The highest BCUT2D eigenvalue weighted by Crippen LogP contribution is 2.62. The summed E-state index contributed by atoms with van der Waals surface area (Å²) in [6.45, 7) is 39.2. The van der Waals surface area contributed by atoms with Crippen LogP contribution in [-0.4, -0.2) is 12.0 Å². The summed E-state index contributed by atoms with van der Waals surface area (Å²) in [4.78, 5) is 0. The van der Waals surface area contributed by atoms with Crippen LogP contribution in [-0.2, 0) is 37.9 Å². The number of benzene rings is 2. The van der Waals surface area contributed by atoms with E-state index in [1.54, 1.807) is 44.0 Å². The standard InChI is InChI=1S/C53H79NP2/c1-17-50(18-2)33-52(21-5,22-6)43-39(50)30-40-44(53(23-7,24-8)34-51(40,19-3)20-4)45(43)55-31-37-26-25-27-38(54-37)32-56-35-49(15,16)42-29-36(47(9,10)11)28-41(46(42)56)48(12,13)14/h25-32,54H,17-24,33-35H2,1-16H3/b38-32-. The molecule has 0 bridgehead atoms. The molecule has 2 aromatic rings. The van der Waals surface area contributed by atoms with Gasteiger partial charge in [-0.2, -0.15) is 0 Å². The van der Waals surface area contributed by atoms with Gasteiger partial charge in [0.15, 0.2) is 0 Å². The van der Waals surface area contributed by atoms with E-state index in [9.17, 15) is 0 Å². The molecule has 1 N–H and O–H groups in total. The summed E-state index contributed by atoms with van der Waals surface area (Å²) < 4.78 is 0. The molecule has 2 heterocycles. The monoisotopic (exact) mass is 792 g/mol. The van der Waals surface area contributed by atoms with Crippen molar-refractivity contribution in [1.82, 2.24) is 5.32 Å². The van der Waals surface area contributed by atoms with E-state index in [0.717, 1.165) is 0 Å². The van der Waals surface area contributed by atoms with Crippen molar-refractivity contribution >= 4 is 32.5 Å². The fourth-order valence-corrected chi connectivity index (χ4v) is 16.6. The van der Waals surface area contributed by atoms with Crippen molar-refractivity contribution in [2.75, 3.05) is 6.16 Å². The fourth-order valence-electron chi connectivity index (χ4n) is 12.0. The van der Waals surface area contributed by atoms with Crippen LogP contribution < -0.4 is 15.9 Å². The molecule has 0 amide bonds. The highest BCUT2D eigenvalue weighted by atomic mass is 31.1. The molecule has 1 unspecified atom stereocenters.